The number of ether oxygens (including phenoxy) is 1. The summed E-state index contributed by atoms with van der Waals surface area (Å²) in [5.74, 6) is 0.378. The molecule has 2 aliphatic heterocycles. The third-order valence-corrected chi connectivity index (χ3v) is 9.53. The molecule has 10 heteroatoms. The van der Waals surface area contributed by atoms with Gasteiger partial charge in [0.2, 0.25) is 21.8 Å². The predicted octanol–water partition coefficient (Wildman–Crippen LogP) is 3.50. The number of carbonyl (C=O) groups excluding carboxylic acids is 2. The summed E-state index contributed by atoms with van der Waals surface area (Å²) < 4.78 is 33.1. The highest BCUT2D eigenvalue weighted by atomic mass is 32.2. The van der Waals surface area contributed by atoms with Gasteiger partial charge in [-0.3, -0.25) is 9.59 Å². The number of nitrogens with one attached hydrogen (secondary N) is 1. The van der Waals surface area contributed by atoms with Crippen LogP contribution in [0.25, 0.3) is 6.08 Å². The molecule has 1 N–H and O–H groups in total. The number of amides is 2. The fourth-order valence-corrected chi connectivity index (χ4v) is 6.92. The molecule has 2 aliphatic rings. The normalized spacial score (nSPS) is 17.2. The Hall–Kier alpha value is -4.15. The number of sulfonamides is 1. The fourth-order valence-electron chi connectivity index (χ4n) is 5.72. The van der Waals surface area contributed by atoms with Crippen LogP contribution in [0.3, 0.4) is 0 Å². The van der Waals surface area contributed by atoms with Crippen molar-refractivity contribution in [1.29, 1.82) is 0 Å². The molecule has 2 fully saturated rings. The van der Waals surface area contributed by atoms with Gasteiger partial charge in [0.1, 0.15) is 17.8 Å². The van der Waals surface area contributed by atoms with Crippen LogP contribution in [-0.2, 0) is 26.0 Å². The van der Waals surface area contributed by atoms with Crippen molar-refractivity contribution in [2.75, 3.05) is 44.9 Å². The first kappa shape index (κ1) is 29.3. The Kier molecular flexibility index (Phi) is 8.94. The molecule has 0 unspecified atom stereocenters. The van der Waals surface area contributed by atoms with Crippen molar-refractivity contribution in [1.82, 2.24) is 14.5 Å². The van der Waals surface area contributed by atoms with Gasteiger partial charge in [-0.1, -0.05) is 66.7 Å². The summed E-state index contributed by atoms with van der Waals surface area (Å²) in [6.07, 6.45) is 2.84. The molecule has 2 heterocycles. The molecule has 9 nitrogen and oxygen atoms in total. The first-order valence-corrected chi connectivity index (χ1v) is 15.6. The van der Waals surface area contributed by atoms with Crippen LogP contribution in [0.4, 0.5) is 5.69 Å². The average molecular weight is 589 g/mol. The molecular weight excluding hydrogens is 552 g/mol. The van der Waals surface area contributed by atoms with Gasteiger partial charge in [-0.25, -0.2) is 8.42 Å². The first-order chi connectivity index (χ1) is 20.3. The van der Waals surface area contributed by atoms with Crippen LogP contribution in [0.2, 0.25) is 0 Å². The highest BCUT2D eigenvalue weighted by molar-refractivity contribution is 7.92. The fraction of sp³-hybridized carbons (Fsp3) is 0.312. The molecule has 0 atom stereocenters. The third-order valence-electron chi connectivity index (χ3n) is 7.97. The Bertz CT molecular complexity index is 1520. The molecule has 3 aromatic rings. The van der Waals surface area contributed by atoms with E-state index in [0.29, 0.717) is 25.8 Å². The van der Waals surface area contributed by atoms with Gasteiger partial charge in [0.05, 0.1) is 13.8 Å². The van der Waals surface area contributed by atoms with Crippen molar-refractivity contribution < 1.29 is 22.7 Å². The summed E-state index contributed by atoms with van der Waals surface area (Å²) in [4.78, 5) is 30.5. The molecule has 42 heavy (non-hydrogen) atoms. The monoisotopic (exact) mass is 588 g/mol. The highest BCUT2D eigenvalue weighted by Gasteiger charge is 2.54. The van der Waals surface area contributed by atoms with Crippen LogP contribution >= 0.6 is 0 Å². The van der Waals surface area contributed by atoms with Gasteiger partial charge < -0.3 is 19.9 Å². The first-order valence-electron chi connectivity index (χ1n) is 14.1. The van der Waals surface area contributed by atoms with Gasteiger partial charge >= 0.3 is 0 Å². The Balaban J connectivity index is 1.26. The van der Waals surface area contributed by atoms with Crippen LogP contribution in [0.5, 0.6) is 5.75 Å². The van der Waals surface area contributed by atoms with E-state index in [1.54, 1.807) is 18.1 Å². The van der Waals surface area contributed by atoms with E-state index in [9.17, 15) is 18.0 Å². The lowest BCUT2D eigenvalue weighted by atomic mass is 9.86. The Morgan fingerprint density at radius 1 is 0.952 bits per heavy atom. The van der Waals surface area contributed by atoms with Crippen molar-refractivity contribution in [2.45, 2.75) is 24.8 Å². The Labute approximate surface area is 247 Å². The number of para-hydroxylation sites is 2. The second kappa shape index (κ2) is 12.8. The number of hydrogen-bond donors (Lipinski definition) is 1. The van der Waals surface area contributed by atoms with E-state index in [-0.39, 0.29) is 38.1 Å². The van der Waals surface area contributed by atoms with Crippen LogP contribution in [0.1, 0.15) is 24.0 Å². The SMILES string of the molecule is COc1ccccc1CCNC(=O)CN1CN(c2ccccc2)C2(CCN(S(=O)(=O)C=Cc3ccccc3)CC2)C1=O. The van der Waals surface area contributed by atoms with E-state index in [2.05, 4.69) is 5.32 Å². The predicted molar refractivity (Wildman–Crippen MR) is 163 cm³/mol. The molecular formula is C32H36N4O5S. The number of piperidine rings is 1. The molecule has 5 rings (SSSR count). The number of nitrogens with zero attached hydrogens (tertiary/aromatic N) is 3. The summed E-state index contributed by atoms with van der Waals surface area (Å²) >= 11 is 0. The topological polar surface area (TPSA) is 99.3 Å². The summed E-state index contributed by atoms with van der Waals surface area (Å²) in [5.41, 5.74) is 1.73. The zero-order valence-corrected chi connectivity index (χ0v) is 24.5. The molecule has 0 radical (unpaired) electrons. The number of anilines is 1. The minimum atomic E-state index is -3.66. The number of rotatable bonds is 10. The zero-order chi connectivity index (χ0) is 29.6. The van der Waals surface area contributed by atoms with Crippen molar-refractivity contribution in [2.24, 2.45) is 0 Å². The van der Waals surface area contributed by atoms with Crippen LogP contribution in [0.15, 0.2) is 90.3 Å². The van der Waals surface area contributed by atoms with E-state index in [1.807, 2.05) is 89.8 Å². The molecule has 0 saturated carbocycles. The standard InChI is InChI=1S/C32H36N4O5S/c1-41-29-15-9-8-12-27(29)16-20-33-30(37)24-34-25-36(28-13-6-3-7-14-28)32(31(34)38)18-21-35(22-19-32)42(39,40)23-17-26-10-4-2-5-11-26/h2-15,17,23H,16,18-22,24-25H2,1H3,(H,33,37). The highest BCUT2D eigenvalue weighted by Crippen LogP contribution is 2.40. The number of benzene rings is 3. The largest absolute Gasteiger partial charge is 0.496 e. The van der Waals surface area contributed by atoms with Crippen LogP contribution < -0.4 is 15.0 Å². The molecule has 0 aromatic heterocycles. The lowest BCUT2D eigenvalue weighted by molar-refractivity contribution is -0.137. The summed E-state index contributed by atoms with van der Waals surface area (Å²) in [6.45, 7) is 1.00. The summed E-state index contributed by atoms with van der Waals surface area (Å²) in [7, 11) is -2.04. The Morgan fingerprint density at radius 2 is 1.60 bits per heavy atom. The maximum Gasteiger partial charge on any atom is 0.250 e. The second-order valence-corrected chi connectivity index (χ2v) is 12.3. The number of hydrogen-bond acceptors (Lipinski definition) is 6. The molecule has 1 spiro atoms. The molecule has 220 valence electrons. The number of methoxy groups -OCH3 is 1. The van der Waals surface area contributed by atoms with E-state index < -0.39 is 15.6 Å². The number of carbonyl (C=O) groups is 2. The minimum Gasteiger partial charge on any atom is -0.496 e. The van der Waals surface area contributed by atoms with Gasteiger partial charge in [-0.05, 0) is 54.7 Å². The van der Waals surface area contributed by atoms with Gasteiger partial charge in [0, 0.05) is 30.7 Å². The lowest BCUT2D eigenvalue weighted by Crippen LogP contribution is -2.57. The van der Waals surface area contributed by atoms with Crippen molar-refractivity contribution in [3.8, 4) is 5.75 Å². The van der Waals surface area contributed by atoms with Gasteiger partial charge in [0.25, 0.3) is 0 Å². The summed E-state index contributed by atoms with van der Waals surface area (Å²) in [5, 5.41) is 4.16. The molecule has 2 amide bonds. The summed E-state index contributed by atoms with van der Waals surface area (Å²) in [6, 6.07) is 26.6. The maximum atomic E-state index is 14.0. The average Bonchev–Trinajstić information content (AvgIpc) is 3.27. The van der Waals surface area contributed by atoms with Crippen LogP contribution in [0, 0.1) is 0 Å². The van der Waals surface area contributed by atoms with Crippen molar-refractivity contribution >= 4 is 33.6 Å². The van der Waals surface area contributed by atoms with Gasteiger partial charge in [-0.15, -0.1) is 0 Å². The minimum absolute atomic E-state index is 0.0718. The third kappa shape index (κ3) is 6.34. The van der Waals surface area contributed by atoms with Gasteiger partial charge in [0.15, 0.2) is 0 Å². The molecule has 3 aromatic carbocycles. The lowest BCUT2D eigenvalue weighted by Gasteiger charge is -2.42. The van der Waals surface area contributed by atoms with Crippen molar-refractivity contribution in [3.05, 3.63) is 101 Å². The van der Waals surface area contributed by atoms with Crippen LogP contribution in [-0.4, -0.2) is 74.9 Å². The Morgan fingerprint density at radius 3 is 2.29 bits per heavy atom. The maximum absolute atomic E-state index is 14.0. The molecule has 0 aliphatic carbocycles. The van der Waals surface area contributed by atoms with E-state index >= 15 is 0 Å². The quantitative estimate of drug-likeness (QED) is 0.389. The van der Waals surface area contributed by atoms with Gasteiger partial charge in [-0.2, -0.15) is 4.31 Å². The molecule has 0 bridgehead atoms. The van der Waals surface area contributed by atoms with E-state index in [4.69, 9.17) is 4.74 Å². The second-order valence-electron chi connectivity index (χ2n) is 10.5. The smallest absolute Gasteiger partial charge is 0.250 e. The van der Waals surface area contributed by atoms with Crippen molar-refractivity contribution in [3.63, 3.8) is 0 Å². The zero-order valence-electron chi connectivity index (χ0n) is 23.7. The van der Waals surface area contributed by atoms with E-state index in [1.165, 1.54) is 9.71 Å². The van der Waals surface area contributed by atoms with E-state index in [0.717, 1.165) is 22.6 Å². The molecule has 2 saturated heterocycles.